The number of aliphatic imine (C=N–C) groups is 1. The maximum Gasteiger partial charge on any atom is 0.407 e. The predicted molar refractivity (Wildman–Crippen MR) is 137 cm³/mol. The molecule has 0 spiro atoms. The van der Waals surface area contributed by atoms with Gasteiger partial charge in [-0.3, -0.25) is 4.99 Å². The SMILES string of the molecule is CCOC(=O)C1=C(CC(CO)NC(=O)OC(C)(C)C)NC(c2nccs2)=N[C@H]1c1ccc(F)cc1Br. The molecule has 1 amide bonds. The number of benzene rings is 1. The molecule has 0 saturated carbocycles. The Labute approximate surface area is 220 Å². The highest BCUT2D eigenvalue weighted by Crippen LogP contribution is 2.37. The van der Waals surface area contributed by atoms with Gasteiger partial charge in [0.15, 0.2) is 10.8 Å². The largest absolute Gasteiger partial charge is 0.463 e. The van der Waals surface area contributed by atoms with Gasteiger partial charge in [0.25, 0.3) is 0 Å². The van der Waals surface area contributed by atoms with Gasteiger partial charge in [0, 0.05) is 28.2 Å². The Hall–Kier alpha value is -2.83. The standard InChI is InChI=1S/C24H28BrFN4O5S/c1-5-34-22(32)18-17(11-14(12-31)28-23(33)35-24(2,3)4)29-20(21-27-8-9-36-21)30-19(18)15-7-6-13(26)10-16(15)25/h6-10,14,19,31H,5,11-12H2,1-4H3,(H,28,33)(H,29,30)/t14?,19-/m0/s1. The zero-order valence-electron chi connectivity index (χ0n) is 20.3. The van der Waals surface area contributed by atoms with Crippen LogP contribution in [0.3, 0.4) is 0 Å². The van der Waals surface area contributed by atoms with E-state index in [4.69, 9.17) is 14.5 Å². The molecule has 194 valence electrons. The number of thiazole rings is 1. The van der Waals surface area contributed by atoms with Crippen LogP contribution in [0.4, 0.5) is 9.18 Å². The Bertz CT molecular complexity index is 1160. The number of nitrogens with one attached hydrogen (secondary N) is 2. The van der Waals surface area contributed by atoms with Crippen LogP contribution in [0.5, 0.6) is 0 Å². The molecule has 9 nitrogen and oxygen atoms in total. The molecule has 3 rings (SSSR count). The molecule has 1 aromatic carbocycles. The lowest BCUT2D eigenvalue weighted by Gasteiger charge is -2.29. The first-order chi connectivity index (χ1) is 17.0. The van der Waals surface area contributed by atoms with Crippen molar-refractivity contribution >= 4 is 45.2 Å². The molecule has 1 unspecified atom stereocenters. The zero-order chi connectivity index (χ0) is 26.5. The molecule has 0 bridgehead atoms. The Morgan fingerprint density at radius 3 is 2.69 bits per heavy atom. The Morgan fingerprint density at radius 2 is 2.11 bits per heavy atom. The highest BCUT2D eigenvalue weighted by Gasteiger charge is 2.35. The number of carbonyl (C=O) groups excluding carboxylic acids is 2. The molecule has 2 heterocycles. The minimum atomic E-state index is -0.866. The van der Waals surface area contributed by atoms with Crippen LogP contribution in [0.2, 0.25) is 0 Å². The third-order valence-electron chi connectivity index (χ3n) is 4.91. The molecule has 0 saturated heterocycles. The van der Waals surface area contributed by atoms with E-state index in [1.165, 1.54) is 29.5 Å². The van der Waals surface area contributed by atoms with Crippen molar-refractivity contribution in [1.82, 2.24) is 15.6 Å². The number of carbonyl (C=O) groups is 2. The molecule has 2 aromatic rings. The van der Waals surface area contributed by atoms with Crippen LogP contribution in [-0.4, -0.2) is 52.8 Å². The van der Waals surface area contributed by atoms with E-state index in [0.29, 0.717) is 26.6 Å². The smallest absolute Gasteiger partial charge is 0.407 e. The number of esters is 1. The van der Waals surface area contributed by atoms with E-state index in [-0.39, 0.29) is 18.6 Å². The highest BCUT2D eigenvalue weighted by molar-refractivity contribution is 9.10. The van der Waals surface area contributed by atoms with E-state index in [9.17, 15) is 19.1 Å². The average molecular weight is 583 g/mol. The van der Waals surface area contributed by atoms with Crippen LogP contribution in [0.25, 0.3) is 0 Å². The van der Waals surface area contributed by atoms with Gasteiger partial charge in [0.05, 0.1) is 24.8 Å². The predicted octanol–water partition coefficient (Wildman–Crippen LogP) is 4.23. The fourth-order valence-corrected chi connectivity index (χ4v) is 4.64. The Kier molecular flexibility index (Phi) is 9.20. The first-order valence-corrected chi connectivity index (χ1v) is 12.9. The minimum absolute atomic E-state index is 0.0313. The summed E-state index contributed by atoms with van der Waals surface area (Å²) in [7, 11) is 0. The van der Waals surface area contributed by atoms with Crippen molar-refractivity contribution in [3.63, 3.8) is 0 Å². The lowest BCUT2D eigenvalue weighted by Crippen LogP contribution is -2.43. The minimum Gasteiger partial charge on any atom is -0.463 e. The highest BCUT2D eigenvalue weighted by atomic mass is 79.9. The van der Waals surface area contributed by atoms with Crippen LogP contribution >= 0.6 is 27.3 Å². The summed E-state index contributed by atoms with van der Waals surface area (Å²) in [5, 5.41) is 18.1. The van der Waals surface area contributed by atoms with Gasteiger partial charge in [-0.1, -0.05) is 22.0 Å². The van der Waals surface area contributed by atoms with E-state index >= 15 is 0 Å². The third-order valence-corrected chi connectivity index (χ3v) is 6.37. The monoisotopic (exact) mass is 582 g/mol. The van der Waals surface area contributed by atoms with Gasteiger partial charge in [-0.25, -0.2) is 19.0 Å². The van der Waals surface area contributed by atoms with Crippen molar-refractivity contribution in [2.75, 3.05) is 13.2 Å². The fourth-order valence-electron chi connectivity index (χ4n) is 3.49. The number of amidine groups is 1. The van der Waals surface area contributed by atoms with Crippen LogP contribution in [-0.2, 0) is 14.3 Å². The Balaban J connectivity index is 2.07. The maximum absolute atomic E-state index is 13.9. The normalized spacial score (nSPS) is 16.6. The van der Waals surface area contributed by atoms with Crippen molar-refractivity contribution in [2.45, 2.75) is 51.8 Å². The van der Waals surface area contributed by atoms with Crippen molar-refractivity contribution in [2.24, 2.45) is 4.99 Å². The lowest BCUT2D eigenvalue weighted by molar-refractivity contribution is -0.139. The number of aliphatic hydroxyl groups is 1. The van der Waals surface area contributed by atoms with Crippen LogP contribution in [0.1, 0.15) is 50.7 Å². The molecule has 1 aromatic heterocycles. The second-order valence-corrected chi connectivity index (χ2v) is 10.6. The number of amides is 1. The van der Waals surface area contributed by atoms with Gasteiger partial charge in [0.1, 0.15) is 17.5 Å². The average Bonchev–Trinajstić information content (AvgIpc) is 3.32. The summed E-state index contributed by atoms with van der Waals surface area (Å²) in [6, 6.07) is 2.45. The summed E-state index contributed by atoms with van der Waals surface area (Å²) in [5.41, 5.74) is 0.361. The van der Waals surface area contributed by atoms with Crippen LogP contribution in [0.15, 0.2) is 50.5 Å². The number of hydrogen-bond donors (Lipinski definition) is 3. The molecule has 2 atom stereocenters. The molecular weight excluding hydrogens is 555 g/mol. The van der Waals surface area contributed by atoms with Gasteiger partial charge >= 0.3 is 12.1 Å². The number of nitrogens with zero attached hydrogens (tertiary/aromatic N) is 2. The molecule has 3 N–H and O–H groups in total. The molecule has 0 aliphatic carbocycles. The topological polar surface area (TPSA) is 122 Å². The van der Waals surface area contributed by atoms with E-state index in [0.717, 1.165) is 0 Å². The summed E-state index contributed by atoms with van der Waals surface area (Å²) < 4.78 is 24.9. The number of aromatic nitrogens is 1. The summed E-state index contributed by atoms with van der Waals surface area (Å²) in [6.45, 7) is 6.57. The first kappa shape index (κ1) is 27.8. The summed E-state index contributed by atoms with van der Waals surface area (Å²) in [4.78, 5) is 34.6. The summed E-state index contributed by atoms with van der Waals surface area (Å²) in [5.74, 6) is -0.687. The third kappa shape index (κ3) is 7.11. The van der Waals surface area contributed by atoms with Crippen molar-refractivity contribution in [1.29, 1.82) is 0 Å². The maximum atomic E-state index is 13.9. The van der Waals surface area contributed by atoms with Gasteiger partial charge in [-0.15, -0.1) is 11.3 Å². The van der Waals surface area contributed by atoms with Gasteiger partial charge in [-0.2, -0.15) is 0 Å². The second-order valence-electron chi connectivity index (χ2n) is 8.85. The van der Waals surface area contributed by atoms with Crippen molar-refractivity contribution < 1.29 is 28.6 Å². The van der Waals surface area contributed by atoms with E-state index in [2.05, 4.69) is 31.5 Å². The quantitative estimate of drug-likeness (QED) is 0.398. The summed E-state index contributed by atoms with van der Waals surface area (Å²) in [6.07, 6.45) is 0.948. The van der Waals surface area contributed by atoms with Crippen molar-refractivity contribution in [3.05, 3.63) is 61.9 Å². The molecular formula is C24H28BrFN4O5S. The fraction of sp³-hybridized carbons (Fsp3) is 0.417. The van der Waals surface area contributed by atoms with Crippen LogP contribution in [0, 0.1) is 5.82 Å². The number of ether oxygens (including phenoxy) is 2. The lowest BCUT2D eigenvalue weighted by atomic mass is 9.93. The number of rotatable bonds is 8. The van der Waals surface area contributed by atoms with Gasteiger partial charge in [0.2, 0.25) is 0 Å². The van der Waals surface area contributed by atoms with Gasteiger partial charge < -0.3 is 25.2 Å². The second kappa shape index (κ2) is 11.9. The number of alkyl carbamates (subject to hydrolysis) is 1. The molecule has 36 heavy (non-hydrogen) atoms. The first-order valence-electron chi connectivity index (χ1n) is 11.2. The van der Waals surface area contributed by atoms with Crippen molar-refractivity contribution in [3.8, 4) is 0 Å². The Morgan fingerprint density at radius 1 is 1.36 bits per heavy atom. The molecule has 1 aliphatic heterocycles. The molecule has 0 fully saturated rings. The number of halogens is 2. The van der Waals surface area contributed by atoms with E-state index in [1.807, 2.05) is 0 Å². The van der Waals surface area contributed by atoms with Crippen LogP contribution < -0.4 is 10.6 Å². The van der Waals surface area contributed by atoms with E-state index < -0.39 is 42.2 Å². The van der Waals surface area contributed by atoms with E-state index in [1.54, 1.807) is 39.3 Å². The zero-order valence-corrected chi connectivity index (χ0v) is 22.7. The van der Waals surface area contributed by atoms with Gasteiger partial charge in [-0.05, 0) is 45.4 Å². The molecule has 12 heteroatoms. The molecule has 1 aliphatic rings. The summed E-state index contributed by atoms with van der Waals surface area (Å²) >= 11 is 4.72. The molecule has 0 radical (unpaired) electrons. The number of hydrogen-bond acceptors (Lipinski definition) is 9. The number of aliphatic hydroxyl groups excluding tert-OH is 1.